The van der Waals surface area contributed by atoms with Gasteiger partial charge in [-0.3, -0.25) is 4.79 Å². The Balaban J connectivity index is 3.36. The Morgan fingerprint density at radius 3 is 2.58 bits per heavy atom. The molecule has 0 aliphatic carbocycles. The van der Waals surface area contributed by atoms with Crippen molar-refractivity contribution in [1.82, 2.24) is 0 Å². The van der Waals surface area contributed by atoms with Gasteiger partial charge in [0.05, 0.1) is 0 Å². The normalized spacial score (nSPS) is 10.0. The van der Waals surface area contributed by atoms with Gasteiger partial charge in [-0.1, -0.05) is 11.6 Å². The summed E-state index contributed by atoms with van der Waals surface area (Å²) in [5.74, 6) is 0.0826. The van der Waals surface area contributed by atoms with E-state index in [0.29, 0.717) is 5.02 Å². The van der Waals surface area contributed by atoms with E-state index in [9.17, 15) is 4.79 Å². The molecule has 64 valence electrons. The Labute approximate surface area is 90.3 Å². The fraction of sp³-hybridized carbons (Fsp3) is 0.222. The fourth-order valence-electron chi connectivity index (χ4n) is 0.933. The lowest BCUT2D eigenvalue weighted by molar-refractivity contribution is 0.101. The first-order chi connectivity index (χ1) is 5.54. The minimum Gasteiger partial charge on any atom is -0.294 e. The van der Waals surface area contributed by atoms with Gasteiger partial charge < -0.3 is 0 Å². The summed E-state index contributed by atoms with van der Waals surface area (Å²) >= 11 is 8.02. The number of carbonyl (C=O) groups excluding carboxylic acids is 1. The summed E-state index contributed by atoms with van der Waals surface area (Å²) in [6, 6.07) is 3.52. The molecule has 0 fully saturated rings. The van der Waals surface area contributed by atoms with E-state index in [2.05, 4.69) is 22.6 Å². The van der Waals surface area contributed by atoms with Gasteiger partial charge >= 0.3 is 0 Å². The molecule has 0 aliphatic heterocycles. The number of rotatable bonds is 1. The van der Waals surface area contributed by atoms with E-state index in [0.717, 1.165) is 14.7 Å². The topological polar surface area (TPSA) is 17.1 Å². The molecule has 0 unspecified atom stereocenters. The van der Waals surface area contributed by atoms with Crippen LogP contribution < -0.4 is 0 Å². The monoisotopic (exact) mass is 294 g/mol. The Morgan fingerprint density at radius 2 is 2.08 bits per heavy atom. The molecule has 0 saturated carbocycles. The van der Waals surface area contributed by atoms with Crippen LogP contribution in [-0.4, -0.2) is 5.78 Å². The zero-order valence-electron chi connectivity index (χ0n) is 6.82. The summed E-state index contributed by atoms with van der Waals surface area (Å²) in [6.07, 6.45) is 0. The van der Waals surface area contributed by atoms with Crippen LogP contribution in [0, 0.1) is 10.5 Å². The molecule has 0 saturated heterocycles. The average molecular weight is 295 g/mol. The van der Waals surface area contributed by atoms with Crippen molar-refractivity contribution < 1.29 is 4.79 Å². The predicted molar refractivity (Wildman–Crippen MR) is 58.9 cm³/mol. The van der Waals surface area contributed by atoms with Crippen LogP contribution in [0.3, 0.4) is 0 Å². The van der Waals surface area contributed by atoms with E-state index in [1.54, 1.807) is 19.1 Å². The molecule has 0 heterocycles. The highest BCUT2D eigenvalue weighted by molar-refractivity contribution is 14.1. The highest BCUT2D eigenvalue weighted by Crippen LogP contribution is 2.24. The molecule has 1 rings (SSSR count). The molecule has 1 aromatic rings. The van der Waals surface area contributed by atoms with Crippen molar-refractivity contribution in [2.24, 2.45) is 0 Å². The Morgan fingerprint density at radius 1 is 1.50 bits per heavy atom. The largest absolute Gasteiger partial charge is 0.294 e. The van der Waals surface area contributed by atoms with Crippen LogP contribution in [-0.2, 0) is 0 Å². The minimum atomic E-state index is 0.0826. The SMILES string of the molecule is CC(=O)c1ccc(Cl)c(C)c1I. The van der Waals surface area contributed by atoms with Gasteiger partial charge in [-0.05, 0) is 54.1 Å². The van der Waals surface area contributed by atoms with Crippen LogP contribution in [0.5, 0.6) is 0 Å². The number of hydrogen-bond acceptors (Lipinski definition) is 1. The Bertz CT molecular complexity index is 334. The van der Waals surface area contributed by atoms with Gasteiger partial charge in [0.25, 0.3) is 0 Å². The zero-order chi connectivity index (χ0) is 9.30. The molecule has 0 spiro atoms. The first-order valence-electron chi connectivity index (χ1n) is 3.49. The average Bonchev–Trinajstić information content (AvgIpc) is 2.00. The maximum Gasteiger partial charge on any atom is 0.160 e. The zero-order valence-corrected chi connectivity index (χ0v) is 9.73. The molecule has 1 aromatic carbocycles. The summed E-state index contributed by atoms with van der Waals surface area (Å²) in [5, 5.41) is 0.712. The van der Waals surface area contributed by atoms with Crippen molar-refractivity contribution in [2.45, 2.75) is 13.8 Å². The van der Waals surface area contributed by atoms with Crippen molar-refractivity contribution in [1.29, 1.82) is 0 Å². The summed E-state index contributed by atoms with van der Waals surface area (Å²) in [6.45, 7) is 3.47. The molecule has 12 heavy (non-hydrogen) atoms. The highest BCUT2D eigenvalue weighted by atomic mass is 127. The number of benzene rings is 1. The minimum absolute atomic E-state index is 0.0826. The molecular formula is C9H8ClIO. The third kappa shape index (κ3) is 1.80. The standard InChI is InChI=1S/C9H8ClIO/c1-5-8(10)4-3-7(6(2)12)9(5)11/h3-4H,1-2H3. The van der Waals surface area contributed by atoms with Crippen molar-refractivity contribution >= 4 is 40.0 Å². The van der Waals surface area contributed by atoms with E-state index in [1.807, 2.05) is 6.92 Å². The first kappa shape index (κ1) is 9.99. The van der Waals surface area contributed by atoms with Gasteiger partial charge in [-0.15, -0.1) is 0 Å². The summed E-state index contributed by atoms with van der Waals surface area (Å²) in [5.41, 5.74) is 1.72. The summed E-state index contributed by atoms with van der Waals surface area (Å²) in [4.78, 5) is 11.1. The van der Waals surface area contributed by atoms with Crippen molar-refractivity contribution in [3.8, 4) is 0 Å². The molecule has 0 atom stereocenters. The van der Waals surface area contributed by atoms with E-state index in [4.69, 9.17) is 11.6 Å². The predicted octanol–water partition coefficient (Wildman–Crippen LogP) is 3.46. The van der Waals surface area contributed by atoms with Gasteiger partial charge in [0.15, 0.2) is 5.78 Å². The summed E-state index contributed by atoms with van der Waals surface area (Å²) in [7, 11) is 0. The maximum atomic E-state index is 11.1. The molecule has 0 N–H and O–H groups in total. The van der Waals surface area contributed by atoms with E-state index >= 15 is 0 Å². The summed E-state index contributed by atoms with van der Waals surface area (Å²) < 4.78 is 0.951. The van der Waals surface area contributed by atoms with Crippen LogP contribution in [0.25, 0.3) is 0 Å². The smallest absolute Gasteiger partial charge is 0.160 e. The van der Waals surface area contributed by atoms with Gasteiger partial charge in [-0.25, -0.2) is 0 Å². The lowest BCUT2D eigenvalue weighted by Crippen LogP contribution is -1.97. The second-order valence-electron chi connectivity index (χ2n) is 2.59. The number of ketones is 1. The Kier molecular flexibility index (Phi) is 3.12. The van der Waals surface area contributed by atoms with E-state index in [-0.39, 0.29) is 5.78 Å². The Hall–Kier alpha value is -0.0900. The number of hydrogen-bond donors (Lipinski definition) is 0. The molecule has 0 aliphatic rings. The van der Waals surface area contributed by atoms with E-state index in [1.165, 1.54) is 0 Å². The molecule has 1 nitrogen and oxygen atoms in total. The molecular weight excluding hydrogens is 286 g/mol. The first-order valence-corrected chi connectivity index (χ1v) is 4.95. The quantitative estimate of drug-likeness (QED) is 0.573. The number of halogens is 2. The molecule has 0 bridgehead atoms. The van der Waals surface area contributed by atoms with Crippen LogP contribution in [0.2, 0.25) is 5.02 Å². The second-order valence-corrected chi connectivity index (χ2v) is 4.08. The molecule has 0 amide bonds. The maximum absolute atomic E-state index is 11.1. The highest BCUT2D eigenvalue weighted by Gasteiger charge is 2.08. The second kappa shape index (κ2) is 3.75. The molecule has 3 heteroatoms. The van der Waals surface area contributed by atoms with Crippen molar-refractivity contribution in [2.75, 3.05) is 0 Å². The third-order valence-electron chi connectivity index (χ3n) is 1.70. The van der Waals surface area contributed by atoms with Gasteiger partial charge in [-0.2, -0.15) is 0 Å². The van der Waals surface area contributed by atoms with Crippen LogP contribution in [0.4, 0.5) is 0 Å². The lowest BCUT2D eigenvalue weighted by atomic mass is 10.1. The third-order valence-corrected chi connectivity index (χ3v) is 3.50. The molecule has 0 radical (unpaired) electrons. The van der Waals surface area contributed by atoms with Gasteiger partial charge in [0.2, 0.25) is 0 Å². The van der Waals surface area contributed by atoms with Gasteiger partial charge in [0, 0.05) is 14.2 Å². The number of Topliss-reactive ketones (excluding diaryl/α,β-unsaturated/α-hetero) is 1. The van der Waals surface area contributed by atoms with Crippen molar-refractivity contribution in [3.05, 3.63) is 31.9 Å². The number of carbonyl (C=O) groups is 1. The van der Waals surface area contributed by atoms with Crippen LogP contribution in [0.1, 0.15) is 22.8 Å². The lowest BCUT2D eigenvalue weighted by Gasteiger charge is -2.04. The fourth-order valence-corrected chi connectivity index (χ4v) is 2.10. The van der Waals surface area contributed by atoms with E-state index < -0.39 is 0 Å². The van der Waals surface area contributed by atoms with Crippen molar-refractivity contribution in [3.63, 3.8) is 0 Å². The van der Waals surface area contributed by atoms with Gasteiger partial charge in [0.1, 0.15) is 0 Å². The van der Waals surface area contributed by atoms with Crippen LogP contribution >= 0.6 is 34.2 Å². The molecule has 0 aromatic heterocycles. The van der Waals surface area contributed by atoms with Crippen LogP contribution in [0.15, 0.2) is 12.1 Å².